The Labute approximate surface area is 113 Å². The van der Waals surface area contributed by atoms with E-state index in [2.05, 4.69) is 39.6 Å². The smallest absolute Gasteiger partial charge is 0.134 e. The third-order valence-corrected chi connectivity index (χ3v) is 3.48. The van der Waals surface area contributed by atoms with Crippen molar-refractivity contribution in [2.24, 2.45) is 0 Å². The van der Waals surface area contributed by atoms with E-state index < -0.39 is 7.60 Å². The molecule has 0 aliphatic heterocycles. The molecule has 1 atom stereocenters. The first-order valence-corrected chi connectivity index (χ1v) is 8.50. The minimum absolute atomic E-state index is 0.190. The van der Waals surface area contributed by atoms with Crippen LogP contribution < -0.4 is 4.89 Å². The lowest BCUT2D eigenvalue weighted by Gasteiger charge is -2.20. The van der Waals surface area contributed by atoms with Gasteiger partial charge < -0.3 is 18.5 Å². The predicted molar refractivity (Wildman–Crippen MR) is 76.8 cm³/mol. The van der Waals surface area contributed by atoms with Crippen molar-refractivity contribution in [3.63, 3.8) is 0 Å². The first-order valence-electron chi connectivity index (χ1n) is 6.77. The molecule has 0 saturated carbocycles. The number of hydrogen-bond donors (Lipinski definition) is 0. The molecular formula is C13H32NO3P. The molecule has 0 N–H and O–H groups in total. The number of hydrogen-bond acceptors (Lipinski definition) is 3. The van der Waals surface area contributed by atoms with E-state index in [1.807, 2.05) is 0 Å². The lowest BCUT2D eigenvalue weighted by atomic mass is 10.1. The van der Waals surface area contributed by atoms with E-state index in [0.29, 0.717) is 0 Å². The standard InChI is InChI=1S/C9H21O3P.C4H12N/c1-3-4-5-6-7-8-9-13(10,11)12-2;1-5(2,3)4/h3-9H2,1-2H3,(H,10,11);1-4H3/q;+1/p-1. The molecule has 5 heteroatoms. The highest BCUT2D eigenvalue weighted by Crippen LogP contribution is 2.36. The molecule has 0 aromatic heterocycles. The molecule has 18 heavy (non-hydrogen) atoms. The van der Waals surface area contributed by atoms with Crippen molar-refractivity contribution in [1.29, 1.82) is 0 Å². The average Bonchev–Trinajstić information content (AvgIpc) is 2.21. The Bertz CT molecular complexity index is 221. The fourth-order valence-corrected chi connectivity index (χ4v) is 1.97. The average molecular weight is 281 g/mol. The highest BCUT2D eigenvalue weighted by molar-refractivity contribution is 7.51. The molecular weight excluding hydrogens is 249 g/mol. The Balaban J connectivity index is 0. The van der Waals surface area contributed by atoms with E-state index in [4.69, 9.17) is 0 Å². The monoisotopic (exact) mass is 281 g/mol. The highest BCUT2D eigenvalue weighted by Gasteiger charge is 2.04. The zero-order chi connectivity index (χ0) is 14.7. The summed E-state index contributed by atoms with van der Waals surface area (Å²) in [5, 5.41) is 0. The second-order valence-electron chi connectivity index (χ2n) is 5.97. The molecule has 0 amide bonds. The summed E-state index contributed by atoms with van der Waals surface area (Å²) in [6.45, 7) is 2.16. The van der Waals surface area contributed by atoms with Crippen LogP contribution in [0, 0.1) is 0 Å². The van der Waals surface area contributed by atoms with Crippen LogP contribution in [0.1, 0.15) is 45.4 Å². The molecule has 0 heterocycles. The molecule has 0 aliphatic rings. The third-order valence-electron chi connectivity index (χ3n) is 2.06. The Morgan fingerprint density at radius 1 is 1.00 bits per heavy atom. The van der Waals surface area contributed by atoms with E-state index in [1.54, 1.807) is 0 Å². The summed E-state index contributed by atoms with van der Waals surface area (Å²) >= 11 is 0. The molecule has 0 aliphatic carbocycles. The van der Waals surface area contributed by atoms with Crippen molar-refractivity contribution < 1.29 is 18.5 Å². The second kappa shape index (κ2) is 11.0. The third kappa shape index (κ3) is 25.1. The van der Waals surface area contributed by atoms with Crippen molar-refractivity contribution in [3.8, 4) is 0 Å². The summed E-state index contributed by atoms with van der Waals surface area (Å²) in [7, 11) is 6.25. The summed E-state index contributed by atoms with van der Waals surface area (Å²) in [6, 6.07) is 0. The van der Waals surface area contributed by atoms with Gasteiger partial charge in [-0.05, 0) is 6.42 Å². The summed E-state index contributed by atoms with van der Waals surface area (Å²) < 4.78 is 16.3. The normalized spacial score (nSPS) is 14.6. The van der Waals surface area contributed by atoms with Gasteiger partial charge >= 0.3 is 0 Å². The SMILES string of the molecule is CCCCCCCCP(=O)([O-])OC.C[N+](C)(C)C. The molecule has 0 rings (SSSR count). The van der Waals surface area contributed by atoms with Gasteiger partial charge in [-0.3, -0.25) is 0 Å². The Morgan fingerprint density at radius 3 is 1.78 bits per heavy atom. The van der Waals surface area contributed by atoms with Crippen molar-refractivity contribution in [2.45, 2.75) is 45.4 Å². The highest BCUT2D eigenvalue weighted by atomic mass is 31.2. The van der Waals surface area contributed by atoms with Gasteiger partial charge in [0.25, 0.3) is 0 Å². The number of rotatable bonds is 8. The van der Waals surface area contributed by atoms with E-state index in [-0.39, 0.29) is 6.16 Å². The summed E-state index contributed by atoms with van der Waals surface area (Å²) in [5.41, 5.74) is 0. The van der Waals surface area contributed by atoms with Crippen LogP contribution >= 0.6 is 7.60 Å². The van der Waals surface area contributed by atoms with Crippen molar-refractivity contribution in [1.82, 2.24) is 0 Å². The molecule has 0 aromatic rings. The van der Waals surface area contributed by atoms with Gasteiger partial charge in [0, 0.05) is 13.3 Å². The van der Waals surface area contributed by atoms with Crippen LogP contribution in [-0.4, -0.2) is 45.9 Å². The zero-order valence-corrected chi connectivity index (χ0v) is 14.0. The van der Waals surface area contributed by atoms with Crippen molar-refractivity contribution in [2.75, 3.05) is 41.5 Å². The van der Waals surface area contributed by atoms with E-state index in [9.17, 15) is 9.46 Å². The van der Waals surface area contributed by atoms with Gasteiger partial charge in [0.1, 0.15) is 7.60 Å². The van der Waals surface area contributed by atoms with Gasteiger partial charge in [-0.15, -0.1) is 0 Å². The topological polar surface area (TPSA) is 49.4 Å². The van der Waals surface area contributed by atoms with Crippen LogP contribution in [0.15, 0.2) is 0 Å². The van der Waals surface area contributed by atoms with Crippen LogP contribution in [0.2, 0.25) is 0 Å². The van der Waals surface area contributed by atoms with Gasteiger partial charge in [0.15, 0.2) is 0 Å². The molecule has 0 fully saturated rings. The van der Waals surface area contributed by atoms with E-state index in [0.717, 1.165) is 23.7 Å². The lowest BCUT2D eigenvalue weighted by Crippen LogP contribution is -2.27. The summed E-state index contributed by atoms with van der Waals surface area (Å²) in [4.78, 5) is 10.9. The summed E-state index contributed by atoms with van der Waals surface area (Å²) in [5.74, 6) is 0. The molecule has 0 saturated heterocycles. The molecule has 112 valence electrons. The molecule has 0 aromatic carbocycles. The van der Waals surface area contributed by atoms with Crippen LogP contribution in [0.3, 0.4) is 0 Å². The van der Waals surface area contributed by atoms with Gasteiger partial charge in [-0.1, -0.05) is 39.0 Å². The quantitative estimate of drug-likeness (QED) is 0.390. The first-order chi connectivity index (χ1) is 8.12. The molecule has 4 nitrogen and oxygen atoms in total. The fourth-order valence-electron chi connectivity index (χ4n) is 1.18. The van der Waals surface area contributed by atoms with Gasteiger partial charge in [0.2, 0.25) is 0 Å². The maximum Gasteiger partial charge on any atom is 0.134 e. The van der Waals surface area contributed by atoms with Crippen LogP contribution in [0.25, 0.3) is 0 Å². The Hall–Kier alpha value is 0.110. The Kier molecular flexibility index (Phi) is 12.5. The second-order valence-corrected chi connectivity index (χ2v) is 8.00. The maximum atomic E-state index is 10.9. The number of unbranched alkanes of at least 4 members (excludes halogenated alkanes) is 5. The molecule has 0 radical (unpaired) electrons. The van der Waals surface area contributed by atoms with Gasteiger partial charge in [-0.2, -0.15) is 0 Å². The largest absolute Gasteiger partial charge is 0.779 e. The maximum absolute atomic E-state index is 10.9. The predicted octanol–water partition coefficient (Wildman–Crippen LogP) is 2.87. The van der Waals surface area contributed by atoms with Gasteiger partial charge in [-0.25, -0.2) is 0 Å². The molecule has 1 unspecified atom stereocenters. The van der Waals surface area contributed by atoms with E-state index >= 15 is 0 Å². The van der Waals surface area contributed by atoms with Crippen molar-refractivity contribution in [3.05, 3.63) is 0 Å². The van der Waals surface area contributed by atoms with Crippen molar-refractivity contribution >= 4 is 7.60 Å². The number of quaternary nitrogens is 1. The minimum atomic E-state index is -3.48. The van der Waals surface area contributed by atoms with Crippen LogP contribution in [-0.2, 0) is 9.09 Å². The minimum Gasteiger partial charge on any atom is -0.779 e. The first kappa shape index (κ1) is 20.4. The Morgan fingerprint density at radius 2 is 1.39 bits per heavy atom. The molecule has 0 bridgehead atoms. The summed E-state index contributed by atoms with van der Waals surface area (Å²) in [6.07, 6.45) is 6.74. The zero-order valence-electron chi connectivity index (χ0n) is 13.1. The fraction of sp³-hybridized carbons (Fsp3) is 1.00. The van der Waals surface area contributed by atoms with Gasteiger partial charge in [0.05, 0.1) is 28.2 Å². The van der Waals surface area contributed by atoms with Crippen LogP contribution in [0.5, 0.6) is 0 Å². The van der Waals surface area contributed by atoms with E-state index in [1.165, 1.54) is 26.4 Å². The molecule has 0 spiro atoms. The van der Waals surface area contributed by atoms with Crippen LogP contribution in [0.4, 0.5) is 0 Å². The lowest BCUT2D eigenvalue weighted by molar-refractivity contribution is -0.849. The number of nitrogens with zero attached hydrogens (tertiary/aromatic N) is 1.